The summed E-state index contributed by atoms with van der Waals surface area (Å²) in [6, 6.07) is 14.3. The summed E-state index contributed by atoms with van der Waals surface area (Å²) in [6.45, 7) is 4.73. The molecule has 1 aliphatic rings. The van der Waals surface area contributed by atoms with Crippen LogP contribution in [0.2, 0.25) is 0 Å². The van der Waals surface area contributed by atoms with E-state index in [1.807, 2.05) is 25.1 Å². The monoisotopic (exact) mass is 283 g/mol. The lowest BCUT2D eigenvalue weighted by molar-refractivity contribution is 0.161. The lowest BCUT2D eigenvalue weighted by Gasteiger charge is -2.31. The summed E-state index contributed by atoms with van der Waals surface area (Å²) in [6.07, 6.45) is 0.802. The van der Waals surface area contributed by atoms with Gasteiger partial charge < -0.3 is 15.2 Å². The molecule has 0 fully saturated rings. The molecule has 0 bridgehead atoms. The van der Waals surface area contributed by atoms with Crippen molar-refractivity contribution in [2.24, 2.45) is 5.73 Å². The van der Waals surface area contributed by atoms with Gasteiger partial charge in [-0.05, 0) is 37.6 Å². The van der Waals surface area contributed by atoms with Gasteiger partial charge in [0.05, 0.1) is 6.61 Å². The molecule has 1 heterocycles. The average Bonchev–Trinajstić information content (AvgIpc) is 2.49. The molecular weight excluding hydrogens is 262 g/mol. The number of ether oxygens (including phenoxy) is 2. The molecule has 3 rings (SSSR count). The Morgan fingerprint density at radius 3 is 2.67 bits per heavy atom. The molecule has 21 heavy (non-hydrogen) atoms. The molecule has 0 amide bonds. The van der Waals surface area contributed by atoms with E-state index in [1.165, 1.54) is 5.56 Å². The molecule has 2 aromatic rings. The zero-order valence-electron chi connectivity index (χ0n) is 12.5. The smallest absolute Gasteiger partial charge is 0.126 e. The third-order valence-electron chi connectivity index (χ3n) is 3.86. The van der Waals surface area contributed by atoms with E-state index in [4.69, 9.17) is 15.2 Å². The molecule has 110 valence electrons. The predicted molar refractivity (Wildman–Crippen MR) is 83.7 cm³/mol. The van der Waals surface area contributed by atoms with Crippen LogP contribution in [0.25, 0.3) is 0 Å². The Kier molecular flexibility index (Phi) is 3.84. The Morgan fingerprint density at radius 1 is 1.19 bits per heavy atom. The maximum atomic E-state index is 6.32. The van der Waals surface area contributed by atoms with Crippen LogP contribution in [0.5, 0.6) is 11.5 Å². The Labute approximate surface area is 125 Å². The van der Waals surface area contributed by atoms with Gasteiger partial charge in [0.1, 0.15) is 17.6 Å². The van der Waals surface area contributed by atoms with Crippen molar-refractivity contribution in [3.05, 3.63) is 59.2 Å². The van der Waals surface area contributed by atoms with E-state index in [0.29, 0.717) is 6.61 Å². The van der Waals surface area contributed by atoms with E-state index in [1.54, 1.807) is 0 Å². The number of benzene rings is 2. The molecule has 2 N–H and O–H groups in total. The van der Waals surface area contributed by atoms with Crippen LogP contribution in [0.4, 0.5) is 0 Å². The second kappa shape index (κ2) is 5.78. The fraction of sp³-hybridized carbons (Fsp3) is 0.333. The fourth-order valence-corrected chi connectivity index (χ4v) is 2.77. The molecule has 0 aliphatic carbocycles. The number of rotatable bonds is 3. The van der Waals surface area contributed by atoms with Crippen LogP contribution in [0.1, 0.15) is 42.2 Å². The van der Waals surface area contributed by atoms with Crippen molar-refractivity contribution < 1.29 is 9.47 Å². The number of nitrogens with two attached hydrogens (primary N) is 1. The molecule has 2 unspecified atom stereocenters. The SMILES string of the molecule is CCOc1ccc(C2CC(N)c3cc(C)ccc3O2)cc1. The molecule has 2 atom stereocenters. The minimum absolute atomic E-state index is 0.00545. The number of aryl methyl sites for hydroxylation is 1. The maximum Gasteiger partial charge on any atom is 0.126 e. The van der Waals surface area contributed by atoms with Crippen LogP contribution >= 0.6 is 0 Å². The molecule has 3 heteroatoms. The van der Waals surface area contributed by atoms with Gasteiger partial charge in [-0.1, -0.05) is 29.8 Å². The highest BCUT2D eigenvalue weighted by Gasteiger charge is 2.27. The number of hydrogen-bond acceptors (Lipinski definition) is 3. The highest BCUT2D eigenvalue weighted by molar-refractivity contribution is 5.42. The summed E-state index contributed by atoms with van der Waals surface area (Å²) in [5.41, 5.74) is 9.78. The van der Waals surface area contributed by atoms with Crippen LogP contribution in [-0.2, 0) is 0 Å². The molecule has 0 saturated heterocycles. The Hall–Kier alpha value is -2.00. The zero-order valence-corrected chi connectivity index (χ0v) is 12.5. The second-order valence-electron chi connectivity index (χ2n) is 5.49. The second-order valence-corrected chi connectivity index (χ2v) is 5.49. The van der Waals surface area contributed by atoms with E-state index in [9.17, 15) is 0 Å². The minimum Gasteiger partial charge on any atom is -0.494 e. The molecule has 0 spiro atoms. The van der Waals surface area contributed by atoms with Crippen LogP contribution in [0.3, 0.4) is 0 Å². The van der Waals surface area contributed by atoms with E-state index >= 15 is 0 Å². The topological polar surface area (TPSA) is 44.5 Å². The van der Waals surface area contributed by atoms with Gasteiger partial charge in [-0.25, -0.2) is 0 Å². The fourth-order valence-electron chi connectivity index (χ4n) is 2.77. The normalized spacial score (nSPS) is 20.5. The van der Waals surface area contributed by atoms with E-state index in [0.717, 1.165) is 29.0 Å². The van der Waals surface area contributed by atoms with Gasteiger partial charge in [0.15, 0.2) is 0 Å². The van der Waals surface area contributed by atoms with Gasteiger partial charge in [0.2, 0.25) is 0 Å². The highest BCUT2D eigenvalue weighted by atomic mass is 16.5. The van der Waals surface area contributed by atoms with Crippen molar-refractivity contribution in [1.82, 2.24) is 0 Å². The van der Waals surface area contributed by atoms with Crippen molar-refractivity contribution in [2.75, 3.05) is 6.61 Å². The maximum absolute atomic E-state index is 6.32. The minimum atomic E-state index is 0.00545. The van der Waals surface area contributed by atoms with Crippen molar-refractivity contribution in [3.63, 3.8) is 0 Å². The highest BCUT2D eigenvalue weighted by Crippen LogP contribution is 2.40. The largest absolute Gasteiger partial charge is 0.494 e. The summed E-state index contributed by atoms with van der Waals surface area (Å²) < 4.78 is 11.6. The molecule has 3 nitrogen and oxygen atoms in total. The van der Waals surface area contributed by atoms with Gasteiger partial charge >= 0.3 is 0 Å². The van der Waals surface area contributed by atoms with Gasteiger partial charge in [-0.15, -0.1) is 0 Å². The molecular formula is C18H21NO2. The summed E-state index contributed by atoms with van der Waals surface area (Å²) >= 11 is 0. The van der Waals surface area contributed by atoms with E-state index in [-0.39, 0.29) is 12.1 Å². The van der Waals surface area contributed by atoms with Crippen LogP contribution in [0, 0.1) is 6.92 Å². The Balaban J connectivity index is 1.83. The average molecular weight is 283 g/mol. The number of fused-ring (bicyclic) bond motifs is 1. The quantitative estimate of drug-likeness (QED) is 0.928. The lowest BCUT2D eigenvalue weighted by Crippen LogP contribution is -2.24. The van der Waals surface area contributed by atoms with Gasteiger partial charge in [-0.2, -0.15) is 0 Å². The standard InChI is InChI=1S/C18H21NO2/c1-3-20-14-7-5-13(6-8-14)18-11-16(19)15-10-12(2)4-9-17(15)21-18/h4-10,16,18H,3,11,19H2,1-2H3. The first kappa shape index (κ1) is 14.0. The summed E-state index contributed by atoms with van der Waals surface area (Å²) in [7, 11) is 0. The third kappa shape index (κ3) is 2.88. The lowest BCUT2D eigenvalue weighted by atomic mass is 9.92. The molecule has 2 aromatic carbocycles. The van der Waals surface area contributed by atoms with Crippen LogP contribution in [0.15, 0.2) is 42.5 Å². The van der Waals surface area contributed by atoms with Crippen molar-refractivity contribution >= 4 is 0 Å². The summed E-state index contributed by atoms with van der Waals surface area (Å²) in [4.78, 5) is 0. The van der Waals surface area contributed by atoms with Crippen LogP contribution < -0.4 is 15.2 Å². The predicted octanol–water partition coefficient (Wildman–Crippen LogP) is 3.92. The van der Waals surface area contributed by atoms with Crippen molar-refractivity contribution in [1.29, 1.82) is 0 Å². The molecule has 0 radical (unpaired) electrons. The van der Waals surface area contributed by atoms with Crippen LogP contribution in [-0.4, -0.2) is 6.61 Å². The van der Waals surface area contributed by atoms with Gasteiger partial charge in [0, 0.05) is 18.0 Å². The van der Waals surface area contributed by atoms with Gasteiger partial charge in [-0.3, -0.25) is 0 Å². The third-order valence-corrected chi connectivity index (χ3v) is 3.86. The van der Waals surface area contributed by atoms with E-state index in [2.05, 4.69) is 31.2 Å². The van der Waals surface area contributed by atoms with Crippen molar-refractivity contribution in [2.45, 2.75) is 32.4 Å². The number of hydrogen-bond donors (Lipinski definition) is 1. The van der Waals surface area contributed by atoms with E-state index < -0.39 is 0 Å². The Morgan fingerprint density at radius 2 is 1.95 bits per heavy atom. The van der Waals surface area contributed by atoms with Gasteiger partial charge in [0.25, 0.3) is 0 Å². The molecule has 0 saturated carbocycles. The first-order valence-corrected chi connectivity index (χ1v) is 7.43. The Bertz CT molecular complexity index is 622. The molecule has 1 aliphatic heterocycles. The van der Waals surface area contributed by atoms with Crippen molar-refractivity contribution in [3.8, 4) is 11.5 Å². The summed E-state index contributed by atoms with van der Waals surface area (Å²) in [5, 5.41) is 0. The zero-order chi connectivity index (χ0) is 14.8. The molecule has 0 aromatic heterocycles. The first-order valence-electron chi connectivity index (χ1n) is 7.43. The summed E-state index contributed by atoms with van der Waals surface area (Å²) in [5.74, 6) is 1.79. The first-order chi connectivity index (χ1) is 10.2.